The molecule has 0 bridgehead atoms. The number of hydrogen-bond donors (Lipinski definition) is 2. The first-order valence-corrected chi connectivity index (χ1v) is 3.70. The molecule has 0 radical (unpaired) electrons. The second-order valence-corrected chi connectivity index (χ2v) is 2.55. The molecule has 0 fully saturated rings. The predicted molar refractivity (Wildman–Crippen MR) is 48.6 cm³/mol. The Morgan fingerprint density at radius 1 is 1.23 bits per heavy atom. The molecule has 2 heterocycles. The Bertz CT molecular complexity index is 410. The lowest BCUT2D eigenvalue weighted by Crippen LogP contribution is -1.99. The molecule has 0 aliphatic rings. The van der Waals surface area contributed by atoms with E-state index in [-0.39, 0.29) is 0 Å². The molecule has 13 heavy (non-hydrogen) atoms. The Labute approximate surface area is 74.4 Å². The summed E-state index contributed by atoms with van der Waals surface area (Å²) in [6.45, 7) is 0. The number of nitrogens with two attached hydrogens (primary N) is 2. The van der Waals surface area contributed by atoms with Gasteiger partial charge in [0.1, 0.15) is 11.6 Å². The van der Waals surface area contributed by atoms with E-state index in [9.17, 15) is 0 Å². The molecule has 0 saturated carbocycles. The van der Waals surface area contributed by atoms with Crippen LogP contribution in [0.2, 0.25) is 0 Å². The molecule has 5 heteroatoms. The van der Waals surface area contributed by atoms with E-state index in [1.165, 1.54) is 0 Å². The van der Waals surface area contributed by atoms with Crippen LogP contribution in [0, 0.1) is 0 Å². The zero-order chi connectivity index (χ0) is 9.26. The van der Waals surface area contributed by atoms with Crippen LogP contribution in [0.15, 0.2) is 28.9 Å². The van der Waals surface area contributed by atoms with Crippen LogP contribution in [0.4, 0.5) is 11.6 Å². The van der Waals surface area contributed by atoms with E-state index in [1.807, 2.05) is 0 Å². The van der Waals surface area contributed by atoms with Crippen LogP contribution in [0.25, 0.3) is 11.3 Å². The number of aromatic nitrogens is 2. The fourth-order valence-electron chi connectivity index (χ4n) is 1.05. The van der Waals surface area contributed by atoms with Gasteiger partial charge in [0.2, 0.25) is 0 Å². The van der Waals surface area contributed by atoms with Gasteiger partial charge in [-0.2, -0.15) is 0 Å². The molecular weight excluding hydrogens is 168 g/mol. The largest absolute Gasteiger partial charge is 0.464 e. The number of hydrogen-bond acceptors (Lipinski definition) is 5. The molecule has 0 saturated heterocycles. The lowest BCUT2D eigenvalue weighted by atomic mass is 10.2. The highest BCUT2D eigenvalue weighted by atomic mass is 16.3. The van der Waals surface area contributed by atoms with Crippen molar-refractivity contribution < 1.29 is 4.42 Å². The molecule has 2 aromatic rings. The van der Waals surface area contributed by atoms with Crippen molar-refractivity contribution in [2.24, 2.45) is 0 Å². The molecular formula is C8H8N4O. The monoisotopic (exact) mass is 176 g/mol. The molecule has 0 atom stereocenters. The maximum absolute atomic E-state index is 5.59. The highest BCUT2D eigenvalue weighted by Gasteiger charge is 2.07. The van der Waals surface area contributed by atoms with Gasteiger partial charge in [-0.1, -0.05) is 0 Å². The molecule has 0 spiro atoms. The molecule has 0 aliphatic carbocycles. The molecule has 0 aromatic carbocycles. The maximum atomic E-state index is 5.59. The number of rotatable bonds is 1. The number of nitrogens with zero attached hydrogens (tertiary/aromatic N) is 2. The minimum absolute atomic E-state index is 0.309. The van der Waals surface area contributed by atoms with Gasteiger partial charge in [0.15, 0.2) is 5.82 Å². The van der Waals surface area contributed by atoms with Crippen LogP contribution < -0.4 is 11.5 Å². The summed E-state index contributed by atoms with van der Waals surface area (Å²) >= 11 is 0. The summed E-state index contributed by atoms with van der Waals surface area (Å²) in [6, 6.07) is 5.18. The second kappa shape index (κ2) is 2.78. The van der Waals surface area contributed by atoms with Crippen LogP contribution in [0.5, 0.6) is 0 Å². The Morgan fingerprint density at radius 2 is 2.08 bits per heavy atom. The molecule has 0 aliphatic heterocycles. The number of nitrogen functional groups attached to an aromatic ring is 2. The minimum Gasteiger partial charge on any atom is -0.464 e. The second-order valence-electron chi connectivity index (χ2n) is 2.55. The van der Waals surface area contributed by atoms with Crippen LogP contribution in [0.3, 0.4) is 0 Å². The van der Waals surface area contributed by atoms with Gasteiger partial charge in [-0.25, -0.2) is 0 Å². The molecule has 66 valence electrons. The average molecular weight is 176 g/mol. The van der Waals surface area contributed by atoms with Crippen molar-refractivity contribution in [1.29, 1.82) is 0 Å². The summed E-state index contributed by atoms with van der Waals surface area (Å²) in [5.41, 5.74) is 11.7. The summed E-state index contributed by atoms with van der Waals surface area (Å²) in [5, 5.41) is 7.29. The third kappa shape index (κ3) is 1.31. The lowest BCUT2D eigenvalue weighted by Gasteiger charge is -2.00. The van der Waals surface area contributed by atoms with Crippen molar-refractivity contribution in [2.75, 3.05) is 11.5 Å². The Hall–Kier alpha value is -2.04. The molecule has 0 unspecified atom stereocenters. The average Bonchev–Trinajstić information content (AvgIpc) is 2.61. The normalized spacial score (nSPS) is 10.2. The van der Waals surface area contributed by atoms with Gasteiger partial charge in [-0.15, -0.1) is 10.2 Å². The van der Waals surface area contributed by atoms with E-state index in [4.69, 9.17) is 15.9 Å². The summed E-state index contributed by atoms with van der Waals surface area (Å²) in [5.74, 6) is 1.27. The zero-order valence-corrected chi connectivity index (χ0v) is 6.77. The first-order valence-electron chi connectivity index (χ1n) is 3.70. The number of furan rings is 1. The lowest BCUT2D eigenvalue weighted by molar-refractivity contribution is 0.582. The molecule has 0 amide bonds. The van der Waals surface area contributed by atoms with E-state index in [2.05, 4.69) is 10.2 Å². The van der Waals surface area contributed by atoms with Crippen LogP contribution >= 0.6 is 0 Å². The smallest absolute Gasteiger partial charge is 0.157 e. The van der Waals surface area contributed by atoms with E-state index in [0.29, 0.717) is 23.0 Å². The van der Waals surface area contributed by atoms with Crippen molar-refractivity contribution in [2.45, 2.75) is 0 Å². The predicted octanol–water partition coefficient (Wildman–Crippen LogP) is 0.901. The van der Waals surface area contributed by atoms with E-state index in [1.54, 1.807) is 24.5 Å². The van der Waals surface area contributed by atoms with Gasteiger partial charge < -0.3 is 15.9 Å². The van der Waals surface area contributed by atoms with E-state index in [0.717, 1.165) is 0 Å². The van der Waals surface area contributed by atoms with Gasteiger partial charge in [0, 0.05) is 0 Å². The van der Waals surface area contributed by atoms with Gasteiger partial charge in [0.25, 0.3) is 0 Å². The zero-order valence-electron chi connectivity index (χ0n) is 6.77. The summed E-state index contributed by atoms with van der Waals surface area (Å²) in [4.78, 5) is 0. The Morgan fingerprint density at radius 3 is 2.77 bits per heavy atom. The fourth-order valence-corrected chi connectivity index (χ4v) is 1.05. The van der Waals surface area contributed by atoms with Crippen LogP contribution in [-0.4, -0.2) is 10.2 Å². The summed E-state index contributed by atoms with van der Waals surface area (Å²) in [7, 11) is 0. The Balaban J connectivity index is 2.57. The van der Waals surface area contributed by atoms with Crippen molar-refractivity contribution in [3.63, 3.8) is 0 Å². The van der Waals surface area contributed by atoms with Gasteiger partial charge in [-0.05, 0) is 18.2 Å². The quantitative estimate of drug-likeness (QED) is 0.673. The van der Waals surface area contributed by atoms with E-state index >= 15 is 0 Å². The fraction of sp³-hybridized carbons (Fsp3) is 0. The summed E-state index contributed by atoms with van der Waals surface area (Å²) < 4.78 is 5.15. The molecule has 2 rings (SSSR count). The third-order valence-corrected chi connectivity index (χ3v) is 1.63. The topological polar surface area (TPSA) is 91.0 Å². The van der Waals surface area contributed by atoms with Crippen molar-refractivity contribution in [1.82, 2.24) is 10.2 Å². The first kappa shape index (κ1) is 7.60. The van der Waals surface area contributed by atoms with Crippen LogP contribution in [0.1, 0.15) is 0 Å². The van der Waals surface area contributed by atoms with Gasteiger partial charge in [0.05, 0.1) is 11.8 Å². The Kier molecular flexibility index (Phi) is 1.63. The standard InChI is InChI=1S/C8H8N4O/c9-7-4-5(8(10)12-11-7)6-2-1-3-13-6/h1-4H,(H2,9,11)(H2,10,12). The maximum Gasteiger partial charge on any atom is 0.157 e. The van der Waals surface area contributed by atoms with Gasteiger partial charge >= 0.3 is 0 Å². The molecule has 2 aromatic heterocycles. The highest BCUT2D eigenvalue weighted by molar-refractivity contribution is 5.71. The van der Waals surface area contributed by atoms with Crippen molar-refractivity contribution >= 4 is 11.6 Å². The highest BCUT2D eigenvalue weighted by Crippen LogP contribution is 2.24. The molecule has 4 N–H and O–H groups in total. The minimum atomic E-state index is 0.309. The van der Waals surface area contributed by atoms with E-state index < -0.39 is 0 Å². The van der Waals surface area contributed by atoms with Crippen molar-refractivity contribution in [3.05, 3.63) is 24.5 Å². The first-order chi connectivity index (χ1) is 6.27. The molecule has 5 nitrogen and oxygen atoms in total. The summed E-state index contributed by atoms with van der Waals surface area (Å²) in [6.07, 6.45) is 1.56. The SMILES string of the molecule is Nc1cc(-c2ccco2)c(N)nn1. The third-order valence-electron chi connectivity index (χ3n) is 1.63. The van der Waals surface area contributed by atoms with Crippen molar-refractivity contribution in [3.8, 4) is 11.3 Å². The van der Waals surface area contributed by atoms with Crippen LogP contribution in [-0.2, 0) is 0 Å². The van der Waals surface area contributed by atoms with Gasteiger partial charge in [-0.3, -0.25) is 0 Å². The number of anilines is 2.